The van der Waals surface area contributed by atoms with Crippen LogP contribution in [-0.4, -0.2) is 29.0 Å². The number of carbonyl (C=O) groups excluding carboxylic acids is 1. The first kappa shape index (κ1) is 14.4. The summed E-state index contributed by atoms with van der Waals surface area (Å²) in [5, 5.41) is 3.26. The van der Waals surface area contributed by atoms with Crippen LogP contribution in [0.5, 0.6) is 0 Å². The first-order valence-electron chi connectivity index (χ1n) is 7.84. The molecule has 0 atom stereocenters. The summed E-state index contributed by atoms with van der Waals surface area (Å²) >= 11 is 0. The van der Waals surface area contributed by atoms with E-state index in [0.29, 0.717) is 18.7 Å². The molecule has 118 valence electrons. The number of carbonyl (C=O) groups is 1. The molecule has 0 spiro atoms. The Labute approximate surface area is 140 Å². The van der Waals surface area contributed by atoms with E-state index in [-0.39, 0.29) is 5.91 Å². The van der Waals surface area contributed by atoms with Crippen molar-refractivity contribution >= 4 is 17.4 Å². The van der Waals surface area contributed by atoms with E-state index in [4.69, 9.17) is 0 Å². The van der Waals surface area contributed by atoms with Crippen molar-refractivity contribution in [3.63, 3.8) is 0 Å². The molecule has 1 N–H and O–H groups in total. The van der Waals surface area contributed by atoms with E-state index >= 15 is 0 Å². The second-order valence-electron chi connectivity index (χ2n) is 5.58. The summed E-state index contributed by atoms with van der Waals surface area (Å²) in [7, 11) is 0. The molecule has 5 nitrogen and oxygen atoms in total. The highest BCUT2D eigenvalue weighted by Gasteiger charge is 2.24. The van der Waals surface area contributed by atoms with Gasteiger partial charge in [0.15, 0.2) is 0 Å². The van der Waals surface area contributed by atoms with Gasteiger partial charge >= 0.3 is 0 Å². The molecule has 2 aromatic heterocycles. The van der Waals surface area contributed by atoms with Crippen LogP contribution in [0.1, 0.15) is 10.4 Å². The molecule has 0 bridgehead atoms. The Morgan fingerprint density at radius 2 is 1.92 bits per heavy atom. The Hall–Kier alpha value is -3.21. The average Bonchev–Trinajstić information content (AvgIpc) is 2.68. The molecule has 0 unspecified atom stereocenters. The van der Waals surface area contributed by atoms with Crippen molar-refractivity contribution < 1.29 is 4.79 Å². The van der Waals surface area contributed by atoms with Gasteiger partial charge in [-0.2, -0.15) is 0 Å². The summed E-state index contributed by atoms with van der Waals surface area (Å²) in [5.74, 6) is 0.724. The van der Waals surface area contributed by atoms with Gasteiger partial charge in [0, 0.05) is 48.4 Å². The number of benzene rings is 1. The number of anilines is 2. The van der Waals surface area contributed by atoms with Crippen molar-refractivity contribution in [1.82, 2.24) is 9.97 Å². The number of nitrogens with one attached hydrogen (secondary N) is 1. The van der Waals surface area contributed by atoms with Crippen LogP contribution >= 0.6 is 0 Å². The third kappa shape index (κ3) is 2.60. The SMILES string of the molecule is O=C(c1ccccc1)N1CCNc2ncc(-c3cccnc3)cc21. The van der Waals surface area contributed by atoms with Gasteiger partial charge in [-0.05, 0) is 24.3 Å². The highest BCUT2D eigenvalue weighted by atomic mass is 16.2. The zero-order chi connectivity index (χ0) is 16.4. The smallest absolute Gasteiger partial charge is 0.258 e. The lowest BCUT2D eigenvalue weighted by Crippen LogP contribution is -2.39. The molecule has 0 fully saturated rings. The van der Waals surface area contributed by atoms with Crippen LogP contribution in [0, 0.1) is 0 Å². The van der Waals surface area contributed by atoms with Crippen molar-refractivity contribution in [3.05, 3.63) is 72.7 Å². The van der Waals surface area contributed by atoms with Crippen LogP contribution in [0.25, 0.3) is 11.1 Å². The highest BCUT2D eigenvalue weighted by Crippen LogP contribution is 2.32. The molecule has 1 aliphatic rings. The van der Waals surface area contributed by atoms with Crippen molar-refractivity contribution in [2.45, 2.75) is 0 Å². The first-order valence-corrected chi connectivity index (χ1v) is 7.84. The largest absolute Gasteiger partial charge is 0.367 e. The van der Waals surface area contributed by atoms with Gasteiger partial charge in [0.1, 0.15) is 5.82 Å². The van der Waals surface area contributed by atoms with Gasteiger partial charge < -0.3 is 10.2 Å². The van der Waals surface area contributed by atoms with E-state index in [9.17, 15) is 4.79 Å². The molecule has 4 rings (SSSR count). The van der Waals surface area contributed by atoms with Crippen molar-refractivity contribution in [2.75, 3.05) is 23.3 Å². The normalized spacial score (nSPS) is 13.1. The number of hydrogen-bond acceptors (Lipinski definition) is 4. The monoisotopic (exact) mass is 316 g/mol. The maximum Gasteiger partial charge on any atom is 0.258 e. The van der Waals surface area contributed by atoms with Crippen LogP contribution in [0.15, 0.2) is 67.1 Å². The Morgan fingerprint density at radius 1 is 1.04 bits per heavy atom. The molecular weight excluding hydrogens is 300 g/mol. The Kier molecular flexibility index (Phi) is 3.67. The second-order valence-corrected chi connectivity index (χ2v) is 5.58. The molecule has 0 saturated carbocycles. The Bertz CT molecular complexity index is 865. The van der Waals surface area contributed by atoms with Crippen LogP contribution in [0.3, 0.4) is 0 Å². The van der Waals surface area contributed by atoms with Gasteiger partial charge in [0.05, 0.1) is 5.69 Å². The van der Waals surface area contributed by atoms with Crippen LogP contribution in [-0.2, 0) is 0 Å². The average molecular weight is 316 g/mol. The topological polar surface area (TPSA) is 58.1 Å². The van der Waals surface area contributed by atoms with Gasteiger partial charge in [-0.1, -0.05) is 24.3 Å². The van der Waals surface area contributed by atoms with Gasteiger partial charge in [-0.25, -0.2) is 4.98 Å². The van der Waals surface area contributed by atoms with Crippen molar-refractivity contribution in [3.8, 4) is 11.1 Å². The maximum absolute atomic E-state index is 12.9. The standard InChI is InChI=1S/C19H16N4O/c24-19(14-5-2-1-3-6-14)23-10-9-21-18-17(23)11-16(13-22-18)15-7-4-8-20-12-15/h1-8,11-13H,9-10H2,(H,21,22). The summed E-state index contributed by atoms with van der Waals surface area (Å²) in [6.45, 7) is 1.30. The van der Waals surface area contributed by atoms with E-state index < -0.39 is 0 Å². The molecule has 1 aliphatic heterocycles. The molecule has 0 radical (unpaired) electrons. The fraction of sp³-hybridized carbons (Fsp3) is 0.105. The predicted molar refractivity (Wildman–Crippen MR) is 94.1 cm³/mol. The number of aromatic nitrogens is 2. The van der Waals surface area contributed by atoms with E-state index in [0.717, 1.165) is 22.6 Å². The van der Waals surface area contributed by atoms with E-state index in [1.807, 2.05) is 48.5 Å². The lowest BCUT2D eigenvalue weighted by Gasteiger charge is -2.30. The number of rotatable bonds is 2. The summed E-state index contributed by atoms with van der Waals surface area (Å²) in [4.78, 5) is 23.3. The zero-order valence-electron chi connectivity index (χ0n) is 13.0. The molecule has 1 aromatic carbocycles. The number of hydrogen-bond donors (Lipinski definition) is 1. The quantitative estimate of drug-likeness (QED) is 0.788. The lowest BCUT2D eigenvalue weighted by atomic mass is 10.1. The molecule has 24 heavy (non-hydrogen) atoms. The summed E-state index contributed by atoms with van der Waals surface area (Å²) in [5.41, 5.74) is 3.40. The number of pyridine rings is 2. The summed E-state index contributed by atoms with van der Waals surface area (Å²) in [6, 6.07) is 15.2. The minimum absolute atomic E-state index is 0.0107. The van der Waals surface area contributed by atoms with E-state index in [1.54, 1.807) is 23.5 Å². The van der Waals surface area contributed by atoms with Gasteiger partial charge in [0.25, 0.3) is 5.91 Å². The van der Waals surface area contributed by atoms with Crippen molar-refractivity contribution in [1.29, 1.82) is 0 Å². The molecule has 3 heterocycles. The molecule has 3 aromatic rings. The van der Waals surface area contributed by atoms with Crippen LogP contribution in [0.4, 0.5) is 11.5 Å². The molecule has 0 saturated heterocycles. The fourth-order valence-corrected chi connectivity index (χ4v) is 2.84. The minimum atomic E-state index is -0.0107. The van der Waals surface area contributed by atoms with Gasteiger partial charge in [-0.3, -0.25) is 9.78 Å². The summed E-state index contributed by atoms with van der Waals surface area (Å²) in [6.07, 6.45) is 5.34. The van der Waals surface area contributed by atoms with E-state index in [1.165, 1.54) is 0 Å². The first-order chi connectivity index (χ1) is 11.8. The molecule has 5 heteroatoms. The van der Waals surface area contributed by atoms with Crippen molar-refractivity contribution in [2.24, 2.45) is 0 Å². The van der Waals surface area contributed by atoms with E-state index in [2.05, 4.69) is 15.3 Å². The zero-order valence-corrected chi connectivity index (χ0v) is 13.0. The molecular formula is C19H16N4O. The third-order valence-electron chi connectivity index (χ3n) is 4.05. The Morgan fingerprint density at radius 3 is 2.71 bits per heavy atom. The number of amides is 1. The molecule has 0 aliphatic carbocycles. The summed E-state index contributed by atoms with van der Waals surface area (Å²) < 4.78 is 0. The lowest BCUT2D eigenvalue weighted by molar-refractivity contribution is 0.0987. The van der Waals surface area contributed by atoms with Crippen LogP contribution < -0.4 is 10.2 Å². The van der Waals surface area contributed by atoms with Gasteiger partial charge in [0.2, 0.25) is 0 Å². The number of nitrogens with zero attached hydrogens (tertiary/aromatic N) is 3. The molecule has 1 amide bonds. The Balaban J connectivity index is 1.75. The highest BCUT2D eigenvalue weighted by molar-refractivity contribution is 6.08. The fourth-order valence-electron chi connectivity index (χ4n) is 2.84. The predicted octanol–water partition coefficient (Wildman–Crippen LogP) is 3.22. The minimum Gasteiger partial charge on any atom is -0.367 e. The van der Waals surface area contributed by atoms with Crippen LogP contribution in [0.2, 0.25) is 0 Å². The van der Waals surface area contributed by atoms with Gasteiger partial charge in [-0.15, -0.1) is 0 Å². The second kappa shape index (κ2) is 6.12. The number of fused-ring (bicyclic) bond motifs is 1. The maximum atomic E-state index is 12.9. The third-order valence-corrected chi connectivity index (χ3v) is 4.05.